The highest BCUT2D eigenvalue weighted by Crippen LogP contribution is 2.38. The largest absolute Gasteiger partial charge is 0.367 e. The van der Waals surface area contributed by atoms with Crippen molar-refractivity contribution in [3.8, 4) is 0 Å². The van der Waals surface area contributed by atoms with E-state index in [1.807, 2.05) is 19.9 Å². The number of ether oxygens (including phenoxy) is 1. The van der Waals surface area contributed by atoms with Crippen LogP contribution in [0.1, 0.15) is 49.9 Å². The summed E-state index contributed by atoms with van der Waals surface area (Å²) in [6, 6.07) is 4.60. The van der Waals surface area contributed by atoms with Crippen molar-refractivity contribution in [1.29, 1.82) is 0 Å². The third-order valence-electron chi connectivity index (χ3n) is 5.77. The molecular formula is C21H25N3O4S. The summed E-state index contributed by atoms with van der Waals surface area (Å²) >= 11 is 1.51. The Labute approximate surface area is 173 Å². The predicted octanol–water partition coefficient (Wildman–Crippen LogP) is 2.45. The summed E-state index contributed by atoms with van der Waals surface area (Å²) in [6.45, 7) is 4.03. The number of nitrogens with one attached hydrogen (secondary N) is 2. The molecule has 3 atom stereocenters. The van der Waals surface area contributed by atoms with Gasteiger partial charge in [-0.05, 0) is 49.8 Å². The van der Waals surface area contributed by atoms with Gasteiger partial charge < -0.3 is 15.4 Å². The van der Waals surface area contributed by atoms with E-state index in [2.05, 4.69) is 15.6 Å². The van der Waals surface area contributed by atoms with Crippen LogP contribution in [-0.4, -0.2) is 46.9 Å². The Balaban J connectivity index is 1.51. The molecule has 1 aliphatic heterocycles. The van der Waals surface area contributed by atoms with Gasteiger partial charge in [0.05, 0.1) is 21.8 Å². The minimum atomic E-state index is -0.934. The third-order valence-corrected chi connectivity index (χ3v) is 6.58. The second-order valence-electron chi connectivity index (χ2n) is 8.27. The number of thiazole rings is 1. The Kier molecular flexibility index (Phi) is 5.40. The average molecular weight is 416 g/mol. The van der Waals surface area contributed by atoms with E-state index >= 15 is 0 Å². The van der Waals surface area contributed by atoms with Crippen molar-refractivity contribution in [2.75, 3.05) is 6.61 Å². The highest BCUT2D eigenvalue weighted by atomic mass is 32.1. The van der Waals surface area contributed by atoms with Crippen LogP contribution in [0.5, 0.6) is 0 Å². The molecule has 2 fully saturated rings. The molecule has 2 aliphatic rings. The van der Waals surface area contributed by atoms with Gasteiger partial charge in [-0.25, -0.2) is 4.98 Å². The molecule has 4 rings (SSSR count). The summed E-state index contributed by atoms with van der Waals surface area (Å²) in [5.41, 5.74) is 2.02. The highest BCUT2D eigenvalue weighted by Gasteiger charge is 2.55. The Bertz CT molecular complexity index is 956. The Morgan fingerprint density at radius 1 is 1.38 bits per heavy atom. The topological polar surface area (TPSA) is 97.4 Å². The number of nitrogens with zero attached hydrogens (tertiary/aromatic N) is 1. The average Bonchev–Trinajstić information content (AvgIpc) is 3.37. The first-order valence-corrected chi connectivity index (χ1v) is 10.9. The van der Waals surface area contributed by atoms with E-state index in [4.69, 9.17) is 4.74 Å². The summed E-state index contributed by atoms with van der Waals surface area (Å²) in [5.74, 6) is -0.529. The summed E-state index contributed by atoms with van der Waals surface area (Å²) in [4.78, 5) is 42.7. The van der Waals surface area contributed by atoms with Crippen molar-refractivity contribution in [3.63, 3.8) is 0 Å². The molecule has 0 radical (unpaired) electrons. The van der Waals surface area contributed by atoms with Gasteiger partial charge >= 0.3 is 0 Å². The first-order chi connectivity index (χ1) is 13.9. The van der Waals surface area contributed by atoms with Crippen LogP contribution in [0, 0.1) is 5.92 Å². The number of hydrogen-bond donors (Lipinski definition) is 2. The molecule has 29 heavy (non-hydrogen) atoms. The summed E-state index contributed by atoms with van der Waals surface area (Å²) in [7, 11) is 0. The van der Waals surface area contributed by atoms with Gasteiger partial charge in [-0.15, -0.1) is 11.3 Å². The van der Waals surface area contributed by atoms with Gasteiger partial charge in [0.2, 0.25) is 5.91 Å². The van der Waals surface area contributed by atoms with Gasteiger partial charge in [-0.2, -0.15) is 0 Å². The van der Waals surface area contributed by atoms with Crippen LogP contribution >= 0.6 is 11.3 Å². The van der Waals surface area contributed by atoms with Gasteiger partial charge in [0.1, 0.15) is 18.2 Å². The zero-order valence-corrected chi connectivity index (χ0v) is 17.4. The van der Waals surface area contributed by atoms with E-state index in [1.54, 1.807) is 17.6 Å². The molecule has 1 aliphatic carbocycles. The fourth-order valence-electron chi connectivity index (χ4n) is 4.29. The van der Waals surface area contributed by atoms with Crippen LogP contribution in [-0.2, 0) is 14.3 Å². The normalized spacial score (nSPS) is 24.7. The number of amides is 2. The molecule has 1 aromatic heterocycles. The first kappa shape index (κ1) is 20.0. The zero-order chi connectivity index (χ0) is 20.6. The molecule has 0 spiro atoms. The van der Waals surface area contributed by atoms with Crippen LogP contribution in [0.15, 0.2) is 23.7 Å². The lowest BCUT2D eigenvalue weighted by Gasteiger charge is -2.30. The molecule has 2 heterocycles. The maximum atomic E-state index is 13.1. The summed E-state index contributed by atoms with van der Waals surface area (Å²) in [5, 5.41) is 5.81. The second kappa shape index (κ2) is 7.84. The zero-order valence-electron chi connectivity index (χ0n) is 16.6. The predicted molar refractivity (Wildman–Crippen MR) is 110 cm³/mol. The van der Waals surface area contributed by atoms with E-state index in [0.29, 0.717) is 18.4 Å². The van der Waals surface area contributed by atoms with Gasteiger partial charge in [-0.1, -0.05) is 13.8 Å². The van der Waals surface area contributed by atoms with Crippen LogP contribution in [0.2, 0.25) is 0 Å². The van der Waals surface area contributed by atoms with Crippen LogP contribution in [0.4, 0.5) is 0 Å². The van der Waals surface area contributed by atoms with Crippen molar-refractivity contribution in [2.24, 2.45) is 5.92 Å². The monoisotopic (exact) mass is 415 g/mol. The Morgan fingerprint density at radius 3 is 3.00 bits per heavy atom. The van der Waals surface area contributed by atoms with Crippen molar-refractivity contribution in [2.45, 2.75) is 57.2 Å². The molecule has 2 N–H and O–H groups in total. The van der Waals surface area contributed by atoms with Crippen molar-refractivity contribution < 1.29 is 19.1 Å². The number of benzene rings is 1. The molecule has 3 unspecified atom stereocenters. The lowest BCUT2D eigenvalue weighted by molar-refractivity contribution is -0.131. The second-order valence-corrected chi connectivity index (χ2v) is 9.15. The number of carbonyl (C=O) groups is 3. The van der Waals surface area contributed by atoms with E-state index in [0.717, 1.165) is 23.1 Å². The number of fused-ring (bicyclic) bond motifs is 2. The van der Waals surface area contributed by atoms with Crippen LogP contribution < -0.4 is 10.6 Å². The molecule has 154 valence electrons. The maximum Gasteiger partial charge on any atom is 0.252 e. The standard InChI is InChI=1S/C21H25N3O4S/c1-12(2)8-15(20(27)24-21-7-3-4-18(21)28-10-17(21)25)23-19(26)13-5-6-16-14(9-13)22-11-29-16/h5-6,9,11-12,15,18H,3-4,7-8,10H2,1-2H3,(H,23,26)(H,24,27). The lowest BCUT2D eigenvalue weighted by Crippen LogP contribution is -2.60. The molecule has 0 bridgehead atoms. The number of rotatable bonds is 6. The molecule has 8 heteroatoms. The Morgan fingerprint density at radius 2 is 2.21 bits per heavy atom. The minimum absolute atomic E-state index is 0.0415. The molecule has 2 aromatic rings. The molecule has 1 aromatic carbocycles. The highest BCUT2D eigenvalue weighted by molar-refractivity contribution is 7.16. The van der Waals surface area contributed by atoms with Gasteiger partial charge in [0.15, 0.2) is 5.78 Å². The number of aromatic nitrogens is 1. The van der Waals surface area contributed by atoms with Crippen molar-refractivity contribution in [1.82, 2.24) is 15.6 Å². The number of carbonyl (C=O) groups excluding carboxylic acids is 3. The van der Waals surface area contributed by atoms with E-state index in [9.17, 15) is 14.4 Å². The number of ketones is 1. The van der Waals surface area contributed by atoms with Crippen molar-refractivity contribution in [3.05, 3.63) is 29.3 Å². The van der Waals surface area contributed by atoms with Gasteiger partial charge in [-0.3, -0.25) is 14.4 Å². The molecule has 7 nitrogen and oxygen atoms in total. The fraction of sp³-hybridized carbons (Fsp3) is 0.524. The number of hydrogen-bond acceptors (Lipinski definition) is 6. The SMILES string of the molecule is CC(C)CC(NC(=O)c1ccc2scnc2c1)C(=O)NC12CCCC1OCC2=O. The quantitative estimate of drug-likeness (QED) is 0.755. The molecule has 1 saturated carbocycles. The third kappa shape index (κ3) is 3.79. The molecular weight excluding hydrogens is 390 g/mol. The van der Waals surface area contributed by atoms with Gasteiger partial charge in [0, 0.05) is 5.56 Å². The summed E-state index contributed by atoms with van der Waals surface area (Å²) in [6.07, 6.45) is 2.41. The van der Waals surface area contributed by atoms with E-state index < -0.39 is 11.6 Å². The summed E-state index contributed by atoms with van der Waals surface area (Å²) < 4.78 is 6.58. The smallest absolute Gasteiger partial charge is 0.252 e. The van der Waals surface area contributed by atoms with Crippen LogP contribution in [0.25, 0.3) is 10.2 Å². The first-order valence-electron chi connectivity index (χ1n) is 10.00. The molecule has 2 amide bonds. The fourth-order valence-corrected chi connectivity index (χ4v) is 4.95. The lowest BCUT2D eigenvalue weighted by atomic mass is 9.91. The van der Waals surface area contributed by atoms with Gasteiger partial charge in [0.25, 0.3) is 5.91 Å². The Hall–Kier alpha value is -2.32. The minimum Gasteiger partial charge on any atom is -0.367 e. The number of Topliss-reactive ketones (excluding diaryl/α,β-unsaturated/α-hetero) is 1. The van der Waals surface area contributed by atoms with Crippen molar-refractivity contribution >= 4 is 39.2 Å². The maximum absolute atomic E-state index is 13.1. The van der Waals surface area contributed by atoms with E-state index in [-0.39, 0.29) is 36.2 Å². The van der Waals surface area contributed by atoms with E-state index in [1.165, 1.54) is 11.3 Å². The van der Waals surface area contributed by atoms with Crippen LogP contribution in [0.3, 0.4) is 0 Å². The molecule has 1 saturated heterocycles.